The number of aryl methyl sites for hydroxylation is 1. The number of carbonyl (C=O) groups excluding carboxylic acids is 1. The van der Waals surface area contributed by atoms with Crippen molar-refractivity contribution in [3.63, 3.8) is 0 Å². The number of aliphatic hydroxyl groups is 1. The lowest BCUT2D eigenvalue weighted by Crippen LogP contribution is -2.59. The molecular weight excluding hydrogens is 300 g/mol. The molecule has 1 heterocycles. The first-order chi connectivity index (χ1) is 11.5. The maximum absolute atomic E-state index is 12.8. The van der Waals surface area contributed by atoms with Gasteiger partial charge in [0.15, 0.2) is 5.60 Å². The monoisotopic (exact) mass is 330 g/mol. The van der Waals surface area contributed by atoms with Gasteiger partial charge in [-0.1, -0.05) is 36.2 Å². The lowest BCUT2D eigenvalue weighted by molar-refractivity contribution is -0.160. The fourth-order valence-corrected chi connectivity index (χ4v) is 3.88. The van der Waals surface area contributed by atoms with E-state index in [0.717, 1.165) is 26.1 Å². The molecule has 1 aromatic carbocycles. The average molecular weight is 330 g/mol. The molecule has 1 aromatic rings. The zero-order chi connectivity index (χ0) is 17.2. The highest BCUT2D eigenvalue weighted by Crippen LogP contribution is 2.30. The number of amides is 1. The van der Waals surface area contributed by atoms with E-state index in [1.54, 1.807) is 0 Å². The molecule has 4 heteroatoms. The van der Waals surface area contributed by atoms with Crippen molar-refractivity contribution >= 4 is 5.91 Å². The van der Waals surface area contributed by atoms with Crippen LogP contribution in [0.25, 0.3) is 0 Å². The van der Waals surface area contributed by atoms with E-state index in [1.165, 1.54) is 30.4 Å². The molecule has 1 saturated carbocycles. The number of benzene rings is 1. The van der Waals surface area contributed by atoms with Crippen LogP contribution in [0.1, 0.15) is 43.2 Å². The first-order valence-electron chi connectivity index (χ1n) is 9.22. The summed E-state index contributed by atoms with van der Waals surface area (Å²) in [6, 6.07) is 8.43. The third-order valence-electron chi connectivity index (χ3n) is 5.51. The number of nitrogens with zero attached hydrogens (tertiary/aromatic N) is 2. The Morgan fingerprint density at radius 3 is 2.58 bits per heavy atom. The third-order valence-corrected chi connectivity index (χ3v) is 5.51. The molecule has 132 valence electrons. The molecule has 1 amide bonds. The smallest absolute Gasteiger partial charge is 0.255 e. The Morgan fingerprint density at radius 1 is 1.25 bits per heavy atom. The van der Waals surface area contributed by atoms with Crippen molar-refractivity contribution in [1.82, 2.24) is 9.80 Å². The van der Waals surface area contributed by atoms with Gasteiger partial charge in [0.05, 0.1) is 0 Å². The van der Waals surface area contributed by atoms with Crippen molar-refractivity contribution in [1.29, 1.82) is 0 Å². The van der Waals surface area contributed by atoms with Crippen LogP contribution in [0.15, 0.2) is 24.3 Å². The molecule has 2 aliphatic rings. The minimum atomic E-state index is -1.22. The zero-order valence-corrected chi connectivity index (χ0v) is 15.0. The molecule has 1 N–H and O–H groups in total. The fourth-order valence-electron chi connectivity index (χ4n) is 3.88. The van der Waals surface area contributed by atoms with E-state index < -0.39 is 5.60 Å². The van der Waals surface area contributed by atoms with Gasteiger partial charge in [0.25, 0.3) is 5.91 Å². The van der Waals surface area contributed by atoms with E-state index in [2.05, 4.69) is 36.1 Å². The summed E-state index contributed by atoms with van der Waals surface area (Å²) in [6.07, 6.45) is 5.22. The Hall–Kier alpha value is -1.39. The molecule has 1 aliphatic heterocycles. The Bertz CT molecular complexity index is 568. The lowest BCUT2D eigenvalue weighted by Gasteiger charge is -2.42. The highest BCUT2D eigenvalue weighted by Gasteiger charge is 2.43. The number of piperidine rings is 1. The van der Waals surface area contributed by atoms with Crippen molar-refractivity contribution < 1.29 is 9.90 Å². The molecule has 0 bridgehead atoms. The van der Waals surface area contributed by atoms with Crippen LogP contribution in [-0.4, -0.2) is 53.1 Å². The van der Waals surface area contributed by atoms with Gasteiger partial charge in [-0.2, -0.15) is 0 Å². The molecule has 2 fully saturated rings. The Morgan fingerprint density at radius 2 is 1.96 bits per heavy atom. The van der Waals surface area contributed by atoms with Gasteiger partial charge in [-0.3, -0.25) is 9.69 Å². The zero-order valence-electron chi connectivity index (χ0n) is 15.0. The highest BCUT2D eigenvalue weighted by molar-refractivity contribution is 5.86. The van der Waals surface area contributed by atoms with Gasteiger partial charge in [-0.15, -0.1) is 0 Å². The molecule has 1 aliphatic carbocycles. The van der Waals surface area contributed by atoms with E-state index in [9.17, 15) is 9.90 Å². The lowest BCUT2D eigenvalue weighted by atomic mass is 9.83. The van der Waals surface area contributed by atoms with Crippen LogP contribution in [0, 0.1) is 12.8 Å². The minimum absolute atomic E-state index is 0.0589. The van der Waals surface area contributed by atoms with Crippen LogP contribution in [0.3, 0.4) is 0 Å². The SMILES string of the molecule is Cc1ccc(CN(C)CC2(O)CCCN(CC3CCC3)C2=O)cc1. The Kier molecular flexibility index (Phi) is 5.26. The fraction of sp³-hybridized carbons (Fsp3) is 0.650. The molecule has 0 radical (unpaired) electrons. The second-order valence-corrected chi connectivity index (χ2v) is 7.84. The van der Waals surface area contributed by atoms with Gasteiger partial charge in [-0.05, 0) is 51.1 Å². The standard InChI is InChI=1S/C20H30N2O2/c1-16-7-9-18(10-8-16)13-21(2)15-20(24)11-4-12-22(19(20)23)14-17-5-3-6-17/h7-10,17,24H,3-6,11-15H2,1-2H3. The van der Waals surface area contributed by atoms with E-state index in [0.29, 0.717) is 18.9 Å². The van der Waals surface area contributed by atoms with Crippen LogP contribution >= 0.6 is 0 Å². The largest absolute Gasteiger partial charge is 0.379 e. The van der Waals surface area contributed by atoms with Crippen LogP contribution in [-0.2, 0) is 11.3 Å². The first kappa shape index (κ1) is 17.4. The highest BCUT2D eigenvalue weighted by atomic mass is 16.3. The molecule has 0 aromatic heterocycles. The summed E-state index contributed by atoms with van der Waals surface area (Å²) in [4.78, 5) is 16.8. The van der Waals surface area contributed by atoms with E-state index in [1.807, 2.05) is 11.9 Å². The van der Waals surface area contributed by atoms with Gasteiger partial charge in [-0.25, -0.2) is 0 Å². The molecule has 24 heavy (non-hydrogen) atoms. The second kappa shape index (κ2) is 7.24. The van der Waals surface area contributed by atoms with Crippen LogP contribution < -0.4 is 0 Å². The van der Waals surface area contributed by atoms with Crippen molar-refractivity contribution in [2.24, 2.45) is 5.92 Å². The molecule has 0 spiro atoms. The summed E-state index contributed by atoms with van der Waals surface area (Å²) < 4.78 is 0. The van der Waals surface area contributed by atoms with E-state index in [-0.39, 0.29) is 5.91 Å². The van der Waals surface area contributed by atoms with E-state index in [4.69, 9.17) is 0 Å². The predicted molar refractivity (Wildman–Crippen MR) is 95.6 cm³/mol. The minimum Gasteiger partial charge on any atom is -0.379 e. The number of carbonyl (C=O) groups is 1. The average Bonchev–Trinajstić information content (AvgIpc) is 2.49. The maximum atomic E-state index is 12.8. The molecule has 3 rings (SSSR count). The van der Waals surface area contributed by atoms with Gasteiger partial charge in [0, 0.05) is 26.2 Å². The quantitative estimate of drug-likeness (QED) is 0.872. The van der Waals surface area contributed by atoms with Crippen molar-refractivity contribution in [2.45, 2.75) is 51.2 Å². The van der Waals surface area contributed by atoms with Crippen molar-refractivity contribution in [2.75, 3.05) is 26.7 Å². The summed E-state index contributed by atoms with van der Waals surface area (Å²) >= 11 is 0. The summed E-state index contributed by atoms with van der Waals surface area (Å²) in [5.74, 6) is 0.595. The molecule has 1 saturated heterocycles. The van der Waals surface area contributed by atoms with Crippen molar-refractivity contribution in [3.05, 3.63) is 35.4 Å². The van der Waals surface area contributed by atoms with Gasteiger partial charge < -0.3 is 10.0 Å². The van der Waals surface area contributed by atoms with Gasteiger partial charge in [0.2, 0.25) is 0 Å². The van der Waals surface area contributed by atoms with Gasteiger partial charge in [0.1, 0.15) is 0 Å². The van der Waals surface area contributed by atoms with Crippen molar-refractivity contribution in [3.8, 4) is 0 Å². The van der Waals surface area contributed by atoms with E-state index >= 15 is 0 Å². The number of rotatable bonds is 6. The Labute approximate surface area is 145 Å². The first-order valence-corrected chi connectivity index (χ1v) is 9.22. The normalized spacial score (nSPS) is 25.2. The topological polar surface area (TPSA) is 43.8 Å². The van der Waals surface area contributed by atoms with Crippen LogP contribution in [0.2, 0.25) is 0 Å². The number of hydrogen-bond donors (Lipinski definition) is 1. The summed E-state index contributed by atoms with van der Waals surface area (Å²) in [5.41, 5.74) is 1.23. The number of likely N-dealkylation sites (N-methyl/N-ethyl adjacent to an activating group) is 1. The Balaban J connectivity index is 1.58. The van der Waals surface area contributed by atoms with Gasteiger partial charge >= 0.3 is 0 Å². The van der Waals surface area contributed by atoms with Crippen LogP contribution in [0.4, 0.5) is 0 Å². The molecule has 4 nitrogen and oxygen atoms in total. The molecular formula is C20H30N2O2. The second-order valence-electron chi connectivity index (χ2n) is 7.84. The molecule has 1 unspecified atom stereocenters. The van der Waals surface area contributed by atoms with Crippen LogP contribution in [0.5, 0.6) is 0 Å². The summed E-state index contributed by atoms with van der Waals surface area (Å²) in [5, 5.41) is 11.0. The number of hydrogen-bond acceptors (Lipinski definition) is 3. The molecule has 1 atom stereocenters. The summed E-state index contributed by atoms with van der Waals surface area (Å²) in [6.45, 7) is 4.87. The number of likely N-dealkylation sites (tertiary alicyclic amines) is 1. The predicted octanol–water partition coefficient (Wildman–Crippen LogP) is 2.58. The third kappa shape index (κ3) is 3.98. The summed E-state index contributed by atoms with van der Waals surface area (Å²) in [7, 11) is 1.98. The maximum Gasteiger partial charge on any atom is 0.255 e.